The first-order valence-electron chi connectivity index (χ1n) is 10.1. The molecule has 0 radical (unpaired) electrons. The van der Waals surface area contributed by atoms with Crippen molar-refractivity contribution in [2.75, 3.05) is 13.7 Å². The summed E-state index contributed by atoms with van der Waals surface area (Å²) in [6.07, 6.45) is 0.703. The second-order valence-electron chi connectivity index (χ2n) is 7.36. The van der Waals surface area contributed by atoms with Crippen LogP contribution < -0.4 is 5.56 Å². The molecule has 166 valence electrons. The van der Waals surface area contributed by atoms with E-state index in [0.717, 1.165) is 0 Å². The van der Waals surface area contributed by atoms with Gasteiger partial charge < -0.3 is 14.6 Å². The Morgan fingerprint density at radius 1 is 1.31 bits per heavy atom. The maximum atomic E-state index is 14.5. The van der Waals surface area contributed by atoms with Crippen molar-refractivity contribution >= 4 is 49.8 Å². The molecule has 2 aromatic heterocycles. The van der Waals surface area contributed by atoms with E-state index >= 15 is 0 Å². The van der Waals surface area contributed by atoms with Crippen molar-refractivity contribution in [2.45, 2.75) is 26.5 Å². The first-order chi connectivity index (χ1) is 15.4. The first kappa shape index (κ1) is 22.4. The Hall–Kier alpha value is -2.81. The van der Waals surface area contributed by atoms with Gasteiger partial charge in [-0.15, -0.1) is 11.3 Å². The van der Waals surface area contributed by atoms with E-state index in [0.29, 0.717) is 55.2 Å². The molecule has 4 aromatic rings. The van der Waals surface area contributed by atoms with Crippen LogP contribution in [0.1, 0.15) is 34.4 Å². The summed E-state index contributed by atoms with van der Waals surface area (Å²) in [6, 6.07) is 9.65. The minimum atomic E-state index is -0.385. The summed E-state index contributed by atoms with van der Waals surface area (Å²) in [5.41, 5.74) is 0.696. The maximum Gasteiger partial charge on any atom is 0.264 e. The predicted molar refractivity (Wildman–Crippen MR) is 125 cm³/mol. The smallest absolute Gasteiger partial charge is 0.264 e. The number of amides is 1. The van der Waals surface area contributed by atoms with Gasteiger partial charge in [0.1, 0.15) is 11.6 Å². The lowest BCUT2D eigenvalue weighted by atomic mass is 10.1. The molecule has 0 saturated heterocycles. The summed E-state index contributed by atoms with van der Waals surface area (Å²) < 4.78 is 20.5. The maximum absolute atomic E-state index is 14.5. The average molecular weight is 474 g/mol. The molecule has 9 heteroatoms. The molecule has 1 amide bonds. The van der Waals surface area contributed by atoms with Crippen LogP contribution in [0.4, 0.5) is 4.39 Å². The van der Waals surface area contributed by atoms with E-state index < -0.39 is 0 Å². The van der Waals surface area contributed by atoms with Crippen LogP contribution in [0.3, 0.4) is 0 Å². The number of hydrogen-bond acceptors (Lipinski definition) is 5. The fourth-order valence-corrected chi connectivity index (χ4v) is 5.06. The van der Waals surface area contributed by atoms with E-state index in [9.17, 15) is 14.0 Å². The SMILES string of the molecule is CCCN(Cc1nc2cc(Cl)ccc2c(=O)[nH]1)C(=O)c1sc2cccc(F)c2c1COC. The van der Waals surface area contributed by atoms with Gasteiger partial charge in [0.25, 0.3) is 11.5 Å². The number of nitrogens with zero attached hydrogens (tertiary/aromatic N) is 2. The van der Waals surface area contributed by atoms with Gasteiger partial charge in [-0.25, -0.2) is 9.37 Å². The number of halogens is 2. The molecule has 0 aliphatic heterocycles. The third-order valence-electron chi connectivity index (χ3n) is 5.09. The van der Waals surface area contributed by atoms with Crippen molar-refractivity contribution in [1.82, 2.24) is 14.9 Å². The lowest BCUT2D eigenvalue weighted by Crippen LogP contribution is -2.33. The van der Waals surface area contributed by atoms with Gasteiger partial charge in [-0.2, -0.15) is 0 Å². The number of fused-ring (bicyclic) bond motifs is 2. The van der Waals surface area contributed by atoms with Crippen LogP contribution in [0.2, 0.25) is 5.02 Å². The van der Waals surface area contributed by atoms with E-state index in [4.69, 9.17) is 16.3 Å². The van der Waals surface area contributed by atoms with Gasteiger partial charge in [0.2, 0.25) is 0 Å². The van der Waals surface area contributed by atoms with Crippen LogP contribution in [0.5, 0.6) is 0 Å². The molecule has 6 nitrogen and oxygen atoms in total. The van der Waals surface area contributed by atoms with Crippen molar-refractivity contribution < 1.29 is 13.9 Å². The largest absolute Gasteiger partial charge is 0.380 e. The van der Waals surface area contributed by atoms with Crippen molar-refractivity contribution in [3.05, 3.63) is 73.9 Å². The third kappa shape index (κ3) is 4.26. The number of H-pyrrole nitrogens is 1. The van der Waals surface area contributed by atoms with Gasteiger partial charge in [-0.1, -0.05) is 24.6 Å². The number of methoxy groups -OCH3 is 1. The Labute approximate surface area is 192 Å². The molecule has 0 atom stereocenters. The zero-order valence-corrected chi connectivity index (χ0v) is 19.1. The van der Waals surface area contributed by atoms with E-state index in [2.05, 4.69) is 9.97 Å². The van der Waals surface area contributed by atoms with E-state index in [1.807, 2.05) is 6.92 Å². The van der Waals surface area contributed by atoms with Crippen LogP contribution in [0.15, 0.2) is 41.2 Å². The number of nitrogens with one attached hydrogen (secondary N) is 1. The van der Waals surface area contributed by atoms with E-state index in [1.165, 1.54) is 24.5 Å². The Bertz CT molecular complexity index is 1370. The fourth-order valence-electron chi connectivity index (χ4n) is 3.70. The first-order valence-corrected chi connectivity index (χ1v) is 11.3. The molecule has 0 fully saturated rings. The van der Waals surface area contributed by atoms with Crippen molar-refractivity contribution in [3.8, 4) is 0 Å². The summed E-state index contributed by atoms with van der Waals surface area (Å²) in [4.78, 5) is 35.3. The Morgan fingerprint density at radius 3 is 2.88 bits per heavy atom. The number of benzene rings is 2. The van der Waals surface area contributed by atoms with Crippen LogP contribution in [-0.2, 0) is 17.9 Å². The molecular weight excluding hydrogens is 453 g/mol. The van der Waals surface area contributed by atoms with Gasteiger partial charge in [0.15, 0.2) is 0 Å². The number of carbonyl (C=O) groups is 1. The number of hydrogen-bond donors (Lipinski definition) is 1. The zero-order valence-electron chi connectivity index (χ0n) is 17.6. The Morgan fingerprint density at radius 2 is 2.12 bits per heavy atom. The van der Waals surface area contributed by atoms with Crippen LogP contribution >= 0.6 is 22.9 Å². The highest BCUT2D eigenvalue weighted by molar-refractivity contribution is 7.21. The summed E-state index contributed by atoms with van der Waals surface area (Å²) >= 11 is 7.29. The molecule has 0 spiro atoms. The Balaban J connectivity index is 1.74. The second-order valence-corrected chi connectivity index (χ2v) is 8.85. The van der Waals surface area contributed by atoms with Crippen LogP contribution in [0.25, 0.3) is 21.0 Å². The molecule has 0 unspecified atom stereocenters. The lowest BCUT2D eigenvalue weighted by Gasteiger charge is -2.21. The number of aromatic nitrogens is 2. The van der Waals surface area contributed by atoms with Crippen molar-refractivity contribution in [2.24, 2.45) is 0 Å². The highest BCUT2D eigenvalue weighted by atomic mass is 35.5. The molecule has 0 aliphatic rings. The number of rotatable bonds is 7. The number of thiophene rings is 1. The molecule has 2 aromatic carbocycles. The summed E-state index contributed by atoms with van der Waals surface area (Å²) in [5.74, 6) is -0.287. The minimum Gasteiger partial charge on any atom is -0.380 e. The van der Waals surface area contributed by atoms with Gasteiger partial charge in [0.05, 0.1) is 28.9 Å². The normalized spacial score (nSPS) is 11.4. The van der Waals surface area contributed by atoms with Gasteiger partial charge in [-0.05, 0) is 36.8 Å². The van der Waals surface area contributed by atoms with E-state index in [1.54, 1.807) is 35.2 Å². The van der Waals surface area contributed by atoms with Crippen molar-refractivity contribution in [3.63, 3.8) is 0 Å². The molecule has 2 heterocycles. The quantitative estimate of drug-likeness (QED) is 0.404. The predicted octanol–water partition coefficient (Wildman–Crippen LogP) is 5.13. The average Bonchev–Trinajstić information content (AvgIpc) is 3.12. The van der Waals surface area contributed by atoms with Crippen LogP contribution in [-0.4, -0.2) is 34.4 Å². The number of ether oxygens (including phenoxy) is 1. The standard InChI is InChI=1S/C23H21ClFN3O3S/c1-3-9-28(11-19-26-17-10-13(24)7-8-14(17)22(29)27-19)23(30)21-15(12-31-2)20-16(25)5-4-6-18(20)32-21/h4-8,10H,3,9,11-12H2,1-2H3,(H,26,27,29). The van der Waals surface area contributed by atoms with Gasteiger partial charge in [0, 0.05) is 34.3 Å². The molecule has 0 saturated carbocycles. The highest BCUT2D eigenvalue weighted by Gasteiger charge is 2.25. The summed E-state index contributed by atoms with van der Waals surface area (Å²) in [7, 11) is 1.51. The van der Waals surface area contributed by atoms with Gasteiger partial charge >= 0.3 is 0 Å². The number of carbonyl (C=O) groups excluding carboxylic acids is 1. The molecule has 32 heavy (non-hydrogen) atoms. The van der Waals surface area contributed by atoms with Crippen LogP contribution in [0, 0.1) is 5.82 Å². The molecule has 0 aliphatic carbocycles. The summed E-state index contributed by atoms with van der Waals surface area (Å²) in [6.45, 7) is 2.62. The molecular formula is C23H21ClFN3O3S. The molecule has 1 N–H and O–H groups in total. The minimum absolute atomic E-state index is 0.105. The van der Waals surface area contributed by atoms with Crippen molar-refractivity contribution in [1.29, 1.82) is 0 Å². The Kier molecular flexibility index (Phi) is 6.55. The molecule has 0 bridgehead atoms. The monoisotopic (exact) mass is 473 g/mol. The zero-order chi connectivity index (χ0) is 22.8. The van der Waals surface area contributed by atoms with E-state index in [-0.39, 0.29) is 30.4 Å². The summed E-state index contributed by atoms with van der Waals surface area (Å²) in [5, 5.41) is 1.31. The second kappa shape index (κ2) is 9.36. The fraction of sp³-hybridized carbons (Fsp3) is 0.261. The third-order valence-corrected chi connectivity index (χ3v) is 6.51. The number of aromatic amines is 1. The van der Waals surface area contributed by atoms with Gasteiger partial charge in [-0.3, -0.25) is 9.59 Å². The highest BCUT2D eigenvalue weighted by Crippen LogP contribution is 2.34. The molecule has 4 rings (SSSR count). The lowest BCUT2D eigenvalue weighted by molar-refractivity contribution is 0.0739. The topological polar surface area (TPSA) is 75.3 Å².